The van der Waals surface area contributed by atoms with Gasteiger partial charge in [-0.3, -0.25) is 0 Å². The third kappa shape index (κ3) is 3.68. The van der Waals surface area contributed by atoms with Gasteiger partial charge in [-0.2, -0.15) is 0 Å². The Hall–Kier alpha value is -1.27. The Morgan fingerprint density at radius 1 is 1.29 bits per heavy atom. The minimum absolute atomic E-state index is 0.205. The fraction of sp³-hybridized carbons (Fsp3) is 0.375. The summed E-state index contributed by atoms with van der Waals surface area (Å²) in [6.45, 7) is 3.15. The number of thiophene rings is 1. The minimum atomic E-state index is -0.247. The molecule has 21 heavy (non-hydrogen) atoms. The average molecular weight is 306 g/mol. The molecule has 3 nitrogen and oxygen atoms in total. The lowest BCUT2D eigenvalue weighted by molar-refractivity contribution is 0.146. The van der Waals surface area contributed by atoms with E-state index in [1.807, 2.05) is 12.1 Å². The van der Waals surface area contributed by atoms with E-state index in [9.17, 15) is 9.50 Å². The van der Waals surface area contributed by atoms with Crippen LogP contribution in [-0.4, -0.2) is 30.8 Å². The van der Waals surface area contributed by atoms with Crippen molar-refractivity contribution in [1.29, 1.82) is 0 Å². The predicted molar refractivity (Wildman–Crippen MR) is 83.8 cm³/mol. The second kappa shape index (κ2) is 6.66. The van der Waals surface area contributed by atoms with Crippen LogP contribution in [0.3, 0.4) is 0 Å². The van der Waals surface area contributed by atoms with Crippen LogP contribution in [-0.2, 0) is 6.54 Å². The van der Waals surface area contributed by atoms with E-state index < -0.39 is 0 Å². The van der Waals surface area contributed by atoms with E-state index >= 15 is 0 Å². The van der Waals surface area contributed by atoms with Crippen LogP contribution in [0.5, 0.6) is 0 Å². The molecule has 0 aliphatic carbocycles. The molecule has 1 fully saturated rings. The Labute approximate surface area is 127 Å². The van der Waals surface area contributed by atoms with Gasteiger partial charge in [0.25, 0.3) is 0 Å². The molecule has 3 N–H and O–H groups in total. The van der Waals surface area contributed by atoms with E-state index in [1.165, 1.54) is 10.9 Å². The number of aliphatic hydroxyl groups is 1. The van der Waals surface area contributed by atoms with Crippen LogP contribution >= 0.6 is 11.3 Å². The second-order valence-electron chi connectivity index (χ2n) is 5.39. The maximum atomic E-state index is 13.2. The third-order valence-corrected chi connectivity index (χ3v) is 4.92. The Morgan fingerprint density at radius 2 is 2.19 bits per heavy atom. The van der Waals surface area contributed by atoms with Crippen LogP contribution in [0.2, 0.25) is 0 Å². The lowest BCUT2D eigenvalue weighted by atomic mass is 10.1. The highest BCUT2D eigenvalue weighted by Gasteiger charge is 2.24. The first kappa shape index (κ1) is 14.7. The molecule has 0 amide bonds. The maximum absolute atomic E-state index is 13.2. The van der Waals surface area contributed by atoms with Gasteiger partial charge < -0.3 is 15.7 Å². The van der Waals surface area contributed by atoms with Gasteiger partial charge in [0.05, 0.1) is 6.10 Å². The molecule has 0 radical (unpaired) electrons. The Kier molecular flexibility index (Phi) is 4.65. The van der Waals surface area contributed by atoms with E-state index in [1.54, 1.807) is 23.5 Å². The summed E-state index contributed by atoms with van der Waals surface area (Å²) in [6, 6.07) is 10.8. The summed E-state index contributed by atoms with van der Waals surface area (Å²) in [5.74, 6) is 0.0796. The summed E-state index contributed by atoms with van der Waals surface area (Å²) in [6.07, 6.45) is -0.247. The van der Waals surface area contributed by atoms with Crippen LogP contribution in [0.15, 0.2) is 36.4 Å². The standard InChI is InChI=1S/C16H19FN2OS/c17-13-3-1-2-11(6-13)16-5-4-14(21-16)9-18-7-12-8-19-10-15(12)20/h1-6,12,15,18-20H,7-10H2. The molecule has 2 unspecified atom stereocenters. The number of aliphatic hydroxyl groups excluding tert-OH is 1. The van der Waals surface area contributed by atoms with Crippen molar-refractivity contribution >= 4 is 11.3 Å². The fourth-order valence-electron chi connectivity index (χ4n) is 2.58. The Bertz CT molecular complexity index is 601. The van der Waals surface area contributed by atoms with E-state index in [-0.39, 0.29) is 17.8 Å². The molecule has 3 rings (SSSR count). The molecule has 2 heterocycles. The van der Waals surface area contributed by atoms with Gasteiger partial charge in [-0.05, 0) is 29.8 Å². The van der Waals surface area contributed by atoms with Crippen LogP contribution in [0.1, 0.15) is 4.88 Å². The van der Waals surface area contributed by atoms with Gasteiger partial charge >= 0.3 is 0 Å². The lowest BCUT2D eigenvalue weighted by Crippen LogP contribution is -2.29. The molecule has 1 aliphatic rings. The van der Waals surface area contributed by atoms with Gasteiger partial charge in [0.15, 0.2) is 0 Å². The van der Waals surface area contributed by atoms with Crippen molar-refractivity contribution in [3.63, 3.8) is 0 Å². The van der Waals surface area contributed by atoms with Gasteiger partial charge in [-0.15, -0.1) is 11.3 Å². The highest BCUT2D eigenvalue weighted by atomic mass is 32.1. The van der Waals surface area contributed by atoms with Crippen molar-refractivity contribution in [3.8, 4) is 10.4 Å². The number of rotatable bonds is 5. The molecule has 2 aromatic rings. The summed E-state index contributed by atoms with van der Waals surface area (Å²) < 4.78 is 13.2. The van der Waals surface area contributed by atoms with E-state index in [4.69, 9.17) is 0 Å². The molecule has 2 atom stereocenters. The molecule has 1 aliphatic heterocycles. The van der Waals surface area contributed by atoms with Crippen LogP contribution in [0.4, 0.5) is 4.39 Å². The summed E-state index contributed by atoms with van der Waals surface area (Å²) in [7, 11) is 0. The normalized spacial score (nSPS) is 21.8. The number of nitrogens with one attached hydrogen (secondary N) is 2. The summed E-state index contributed by atoms with van der Waals surface area (Å²) in [4.78, 5) is 2.29. The van der Waals surface area contributed by atoms with Gasteiger partial charge in [0, 0.05) is 41.9 Å². The number of β-amino-alcohol motifs (C(OH)–C–C–N with tert-alkyl or cyclic N) is 1. The van der Waals surface area contributed by atoms with Gasteiger partial charge in [-0.1, -0.05) is 12.1 Å². The SMILES string of the molecule is OC1CNCC1CNCc1ccc(-c2cccc(F)c2)s1. The minimum Gasteiger partial charge on any atom is -0.391 e. The number of hydrogen-bond donors (Lipinski definition) is 3. The van der Waals surface area contributed by atoms with E-state index in [2.05, 4.69) is 16.7 Å². The van der Waals surface area contributed by atoms with Crippen LogP contribution in [0.25, 0.3) is 10.4 Å². The summed E-state index contributed by atoms with van der Waals surface area (Å²) >= 11 is 1.67. The van der Waals surface area contributed by atoms with E-state index in [0.717, 1.165) is 30.1 Å². The molecule has 1 aromatic heterocycles. The largest absolute Gasteiger partial charge is 0.391 e. The highest BCUT2D eigenvalue weighted by molar-refractivity contribution is 7.15. The van der Waals surface area contributed by atoms with Crippen molar-refractivity contribution in [2.24, 2.45) is 5.92 Å². The van der Waals surface area contributed by atoms with Crippen molar-refractivity contribution in [2.75, 3.05) is 19.6 Å². The predicted octanol–water partition coefficient (Wildman–Crippen LogP) is 2.22. The van der Waals surface area contributed by atoms with Crippen LogP contribution in [0, 0.1) is 11.7 Å². The summed E-state index contributed by atoms with van der Waals surface area (Å²) in [5, 5.41) is 16.3. The lowest BCUT2D eigenvalue weighted by Gasteiger charge is -2.13. The van der Waals surface area contributed by atoms with E-state index in [0.29, 0.717) is 6.54 Å². The van der Waals surface area contributed by atoms with Crippen molar-refractivity contribution in [3.05, 3.63) is 47.1 Å². The first-order valence-electron chi connectivity index (χ1n) is 7.16. The molecule has 0 saturated carbocycles. The van der Waals surface area contributed by atoms with Gasteiger partial charge in [0.2, 0.25) is 0 Å². The zero-order chi connectivity index (χ0) is 14.7. The third-order valence-electron chi connectivity index (χ3n) is 3.78. The zero-order valence-corrected chi connectivity index (χ0v) is 12.5. The first-order valence-corrected chi connectivity index (χ1v) is 7.98. The second-order valence-corrected chi connectivity index (χ2v) is 6.56. The van der Waals surface area contributed by atoms with Crippen molar-refractivity contribution < 1.29 is 9.50 Å². The highest BCUT2D eigenvalue weighted by Crippen LogP contribution is 2.28. The van der Waals surface area contributed by atoms with Crippen molar-refractivity contribution in [2.45, 2.75) is 12.6 Å². The quantitative estimate of drug-likeness (QED) is 0.794. The molecule has 1 aromatic carbocycles. The van der Waals surface area contributed by atoms with Gasteiger partial charge in [-0.25, -0.2) is 4.39 Å². The molecule has 0 spiro atoms. The first-order chi connectivity index (χ1) is 10.2. The average Bonchev–Trinajstić information content (AvgIpc) is 3.09. The zero-order valence-electron chi connectivity index (χ0n) is 11.7. The molecular formula is C16H19FN2OS. The smallest absolute Gasteiger partial charge is 0.123 e. The maximum Gasteiger partial charge on any atom is 0.123 e. The Balaban J connectivity index is 1.55. The Morgan fingerprint density at radius 3 is 2.95 bits per heavy atom. The number of benzene rings is 1. The molecule has 0 bridgehead atoms. The van der Waals surface area contributed by atoms with Crippen molar-refractivity contribution in [1.82, 2.24) is 10.6 Å². The topological polar surface area (TPSA) is 44.3 Å². The monoisotopic (exact) mass is 306 g/mol. The molecular weight excluding hydrogens is 287 g/mol. The summed E-state index contributed by atoms with van der Waals surface area (Å²) in [5.41, 5.74) is 0.918. The number of hydrogen-bond acceptors (Lipinski definition) is 4. The molecule has 1 saturated heterocycles. The van der Waals surface area contributed by atoms with Crippen LogP contribution < -0.4 is 10.6 Å². The molecule has 5 heteroatoms. The fourth-order valence-corrected chi connectivity index (χ4v) is 3.55. The molecule has 112 valence electrons. The van der Waals surface area contributed by atoms with Gasteiger partial charge in [0.1, 0.15) is 5.82 Å². The number of halogens is 1.